The first kappa shape index (κ1) is 24.4. The summed E-state index contributed by atoms with van der Waals surface area (Å²) in [4.78, 5) is 22.4. The molecule has 0 saturated heterocycles. The largest absolute Gasteiger partial charge is 0.348 e. The number of nitro groups is 1. The van der Waals surface area contributed by atoms with E-state index in [1.807, 2.05) is 0 Å². The fraction of sp³-hybridized carbons (Fsp3) is 0.316. The van der Waals surface area contributed by atoms with Crippen LogP contribution in [0.1, 0.15) is 35.3 Å². The highest BCUT2D eigenvalue weighted by atomic mass is 32.2. The Hall–Kier alpha value is -2.83. The van der Waals surface area contributed by atoms with Gasteiger partial charge < -0.3 is 5.32 Å². The number of nitrogens with one attached hydrogen (secondary N) is 2. The molecule has 0 aliphatic carbocycles. The van der Waals surface area contributed by atoms with Gasteiger partial charge in [0.2, 0.25) is 10.0 Å². The number of hydrogen-bond acceptors (Lipinski definition) is 7. The first-order valence-electron chi connectivity index (χ1n) is 9.12. The van der Waals surface area contributed by atoms with Gasteiger partial charge in [-0.15, -0.1) is 0 Å². The van der Waals surface area contributed by atoms with Crippen molar-refractivity contribution in [1.82, 2.24) is 10.0 Å². The Bertz CT molecular complexity index is 1190. The molecule has 0 radical (unpaired) electrons. The van der Waals surface area contributed by atoms with Gasteiger partial charge in [-0.05, 0) is 31.0 Å². The molecule has 2 aromatic carbocycles. The highest BCUT2D eigenvalue weighted by molar-refractivity contribution is 7.90. The Morgan fingerprint density at radius 1 is 1.03 bits per heavy atom. The highest BCUT2D eigenvalue weighted by Gasteiger charge is 2.19. The number of nitro benzene ring substituents is 1. The van der Waals surface area contributed by atoms with Crippen molar-refractivity contribution < 1.29 is 26.6 Å². The monoisotopic (exact) mass is 469 g/mol. The quantitative estimate of drug-likeness (QED) is 0.419. The van der Waals surface area contributed by atoms with Crippen molar-refractivity contribution in [3.63, 3.8) is 0 Å². The van der Waals surface area contributed by atoms with E-state index in [2.05, 4.69) is 10.0 Å². The van der Waals surface area contributed by atoms with E-state index in [0.717, 1.165) is 24.5 Å². The molecule has 2 rings (SSSR count). The summed E-state index contributed by atoms with van der Waals surface area (Å²) in [5, 5.41) is 13.6. The van der Waals surface area contributed by atoms with Crippen molar-refractivity contribution in [1.29, 1.82) is 0 Å². The molecule has 0 heterocycles. The standard InChI is InChI=1S/C19H23N3O7S2/c1-13(2)21-31(28,29)12-15-6-4-14(5-7-15)11-20-19(23)16-8-17(22(24)25)10-18(9-16)30(3,26)27/h4-10,13,21H,11-12H2,1-3H3,(H,20,23). The van der Waals surface area contributed by atoms with Crippen LogP contribution in [0.2, 0.25) is 0 Å². The number of sulfone groups is 1. The Kier molecular flexibility index (Phi) is 7.52. The van der Waals surface area contributed by atoms with Gasteiger partial charge in [-0.1, -0.05) is 24.3 Å². The zero-order chi connectivity index (χ0) is 23.4. The van der Waals surface area contributed by atoms with Crippen molar-refractivity contribution in [2.24, 2.45) is 0 Å². The second-order valence-electron chi connectivity index (χ2n) is 7.28. The van der Waals surface area contributed by atoms with Crippen molar-refractivity contribution in [3.8, 4) is 0 Å². The van der Waals surface area contributed by atoms with Crippen LogP contribution in [-0.2, 0) is 32.2 Å². The van der Waals surface area contributed by atoms with Crippen LogP contribution in [0.25, 0.3) is 0 Å². The maximum atomic E-state index is 12.4. The molecule has 0 atom stereocenters. The summed E-state index contributed by atoms with van der Waals surface area (Å²) < 4.78 is 50.0. The van der Waals surface area contributed by atoms with Crippen LogP contribution in [0.15, 0.2) is 47.4 Å². The average molecular weight is 470 g/mol. The smallest absolute Gasteiger partial charge is 0.271 e. The number of benzene rings is 2. The fourth-order valence-electron chi connectivity index (χ4n) is 2.69. The van der Waals surface area contributed by atoms with Crippen LogP contribution in [0.3, 0.4) is 0 Å². The Labute approximate surface area is 180 Å². The highest BCUT2D eigenvalue weighted by Crippen LogP contribution is 2.21. The lowest BCUT2D eigenvalue weighted by Crippen LogP contribution is -2.31. The number of carbonyl (C=O) groups is 1. The molecule has 0 fully saturated rings. The molecule has 2 aromatic rings. The molecule has 0 aliphatic heterocycles. The third kappa shape index (κ3) is 7.42. The van der Waals surface area contributed by atoms with Gasteiger partial charge >= 0.3 is 0 Å². The number of sulfonamides is 1. The Balaban J connectivity index is 2.11. The molecule has 168 valence electrons. The molecular formula is C19H23N3O7S2. The van der Waals surface area contributed by atoms with E-state index in [-0.39, 0.29) is 28.8 Å². The van der Waals surface area contributed by atoms with Gasteiger partial charge in [0, 0.05) is 36.5 Å². The summed E-state index contributed by atoms with van der Waals surface area (Å²) in [6.45, 7) is 3.51. The molecule has 0 spiro atoms. The first-order valence-corrected chi connectivity index (χ1v) is 12.7. The maximum absolute atomic E-state index is 12.4. The lowest BCUT2D eigenvalue weighted by molar-refractivity contribution is -0.385. The Morgan fingerprint density at radius 3 is 2.13 bits per heavy atom. The average Bonchev–Trinajstić information content (AvgIpc) is 2.64. The minimum absolute atomic E-state index is 0.0625. The van der Waals surface area contributed by atoms with Gasteiger partial charge in [-0.2, -0.15) is 0 Å². The predicted molar refractivity (Wildman–Crippen MR) is 115 cm³/mol. The van der Waals surface area contributed by atoms with Crippen molar-refractivity contribution in [2.75, 3.05) is 6.26 Å². The van der Waals surface area contributed by atoms with E-state index in [9.17, 15) is 31.7 Å². The van der Waals surface area contributed by atoms with E-state index in [0.29, 0.717) is 11.1 Å². The van der Waals surface area contributed by atoms with Gasteiger partial charge in [0.05, 0.1) is 15.6 Å². The van der Waals surface area contributed by atoms with Crippen molar-refractivity contribution >= 4 is 31.5 Å². The lowest BCUT2D eigenvalue weighted by Gasteiger charge is -2.10. The molecular weight excluding hydrogens is 446 g/mol. The summed E-state index contributed by atoms with van der Waals surface area (Å²) in [5.41, 5.74) is 0.575. The van der Waals surface area contributed by atoms with E-state index < -0.39 is 36.4 Å². The summed E-state index contributed by atoms with van der Waals surface area (Å²) in [6, 6.07) is 9.30. The first-order chi connectivity index (χ1) is 14.3. The Morgan fingerprint density at radius 2 is 1.61 bits per heavy atom. The molecule has 31 heavy (non-hydrogen) atoms. The number of rotatable bonds is 9. The molecule has 0 unspecified atom stereocenters. The normalized spacial score (nSPS) is 12.0. The molecule has 0 aliphatic rings. The van der Waals surface area contributed by atoms with E-state index >= 15 is 0 Å². The molecule has 1 amide bonds. The van der Waals surface area contributed by atoms with Gasteiger partial charge in [0.1, 0.15) is 0 Å². The van der Waals surface area contributed by atoms with Gasteiger partial charge in [-0.25, -0.2) is 21.6 Å². The zero-order valence-electron chi connectivity index (χ0n) is 17.2. The van der Waals surface area contributed by atoms with Crippen molar-refractivity contribution in [3.05, 3.63) is 69.3 Å². The number of nitrogens with zero attached hydrogens (tertiary/aromatic N) is 1. The minimum Gasteiger partial charge on any atom is -0.348 e. The molecule has 10 nitrogen and oxygen atoms in total. The summed E-state index contributed by atoms with van der Waals surface area (Å²) in [7, 11) is -7.21. The second-order valence-corrected chi connectivity index (χ2v) is 11.0. The third-order valence-corrected chi connectivity index (χ3v) is 6.68. The summed E-state index contributed by atoms with van der Waals surface area (Å²) in [5.74, 6) is -0.860. The lowest BCUT2D eigenvalue weighted by atomic mass is 10.1. The molecule has 0 aromatic heterocycles. The van der Waals surface area contributed by atoms with Crippen molar-refractivity contribution in [2.45, 2.75) is 37.1 Å². The molecule has 12 heteroatoms. The molecule has 2 N–H and O–H groups in total. The SMILES string of the molecule is CC(C)NS(=O)(=O)Cc1ccc(CNC(=O)c2cc([N+](=O)[O-])cc(S(C)(=O)=O)c2)cc1. The van der Waals surface area contributed by atoms with Crippen LogP contribution in [-0.4, -0.2) is 40.0 Å². The molecule has 0 bridgehead atoms. The maximum Gasteiger partial charge on any atom is 0.271 e. The number of amides is 1. The third-order valence-electron chi connectivity index (χ3n) is 4.04. The van der Waals surface area contributed by atoms with Gasteiger partial charge in [0.25, 0.3) is 11.6 Å². The zero-order valence-corrected chi connectivity index (χ0v) is 18.8. The van der Waals surface area contributed by atoms with Crippen LogP contribution in [0.5, 0.6) is 0 Å². The van der Waals surface area contributed by atoms with E-state index in [1.54, 1.807) is 38.1 Å². The summed E-state index contributed by atoms with van der Waals surface area (Å²) >= 11 is 0. The fourth-order valence-corrected chi connectivity index (χ4v) is 4.80. The van der Waals surface area contributed by atoms with Gasteiger partial charge in [0.15, 0.2) is 9.84 Å². The summed E-state index contributed by atoms with van der Waals surface area (Å²) in [6.07, 6.45) is 0.895. The molecule has 0 saturated carbocycles. The van der Waals surface area contributed by atoms with Crippen LogP contribution >= 0.6 is 0 Å². The second kappa shape index (κ2) is 9.54. The topological polar surface area (TPSA) is 153 Å². The number of carbonyl (C=O) groups excluding carboxylic acids is 1. The number of hydrogen-bond donors (Lipinski definition) is 2. The van der Waals surface area contributed by atoms with E-state index in [4.69, 9.17) is 0 Å². The number of non-ortho nitro benzene ring substituents is 1. The van der Waals surface area contributed by atoms with Crippen LogP contribution < -0.4 is 10.0 Å². The van der Waals surface area contributed by atoms with Gasteiger partial charge in [-0.3, -0.25) is 14.9 Å². The van der Waals surface area contributed by atoms with Crippen LogP contribution in [0, 0.1) is 10.1 Å². The van der Waals surface area contributed by atoms with E-state index in [1.165, 1.54) is 0 Å². The van der Waals surface area contributed by atoms with Crippen LogP contribution in [0.4, 0.5) is 5.69 Å². The minimum atomic E-state index is -3.75. The predicted octanol–water partition coefficient (Wildman–Crippen LogP) is 1.76.